The van der Waals surface area contributed by atoms with Crippen LogP contribution >= 0.6 is 11.6 Å². The van der Waals surface area contributed by atoms with E-state index in [2.05, 4.69) is 10.0 Å². The van der Waals surface area contributed by atoms with Gasteiger partial charge in [0.2, 0.25) is 10.0 Å². The molecule has 0 heterocycles. The van der Waals surface area contributed by atoms with E-state index in [1.54, 1.807) is 25.1 Å². The summed E-state index contributed by atoms with van der Waals surface area (Å²) in [4.78, 5) is 24.0. The Morgan fingerprint density at radius 2 is 1.85 bits per heavy atom. The molecule has 0 aliphatic rings. The van der Waals surface area contributed by atoms with E-state index in [1.807, 2.05) is 0 Å². The molecule has 2 aromatic carbocycles. The molecular formula is C17H17ClN2O5S. The Balaban J connectivity index is 2.27. The first-order chi connectivity index (χ1) is 12.3. The first kappa shape index (κ1) is 19.9. The Morgan fingerprint density at radius 3 is 2.50 bits per heavy atom. The normalized spacial score (nSPS) is 11.0. The predicted molar refractivity (Wildman–Crippen MR) is 98.0 cm³/mol. The lowest BCUT2D eigenvalue weighted by Gasteiger charge is -2.10. The number of esters is 1. The molecule has 7 nitrogen and oxygen atoms in total. The maximum atomic E-state index is 12.4. The van der Waals surface area contributed by atoms with Crippen LogP contribution in [0.5, 0.6) is 0 Å². The fraction of sp³-hybridized carbons (Fsp3) is 0.176. The first-order valence-corrected chi connectivity index (χ1v) is 9.46. The van der Waals surface area contributed by atoms with E-state index in [0.717, 1.165) is 0 Å². The Kier molecular flexibility index (Phi) is 6.36. The second-order valence-electron chi connectivity index (χ2n) is 5.11. The Morgan fingerprint density at radius 1 is 1.12 bits per heavy atom. The summed E-state index contributed by atoms with van der Waals surface area (Å²) in [6, 6.07) is 10.1. The highest BCUT2D eigenvalue weighted by molar-refractivity contribution is 7.89. The molecule has 2 N–H and O–H groups in total. The summed E-state index contributed by atoms with van der Waals surface area (Å²) >= 11 is 5.91. The number of carbonyl (C=O) groups is 2. The predicted octanol–water partition coefficient (Wildman–Crippen LogP) is 2.68. The van der Waals surface area contributed by atoms with E-state index in [0.29, 0.717) is 11.3 Å². The number of ether oxygens (including phenoxy) is 1. The third-order valence-electron chi connectivity index (χ3n) is 3.38. The van der Waals surface area contributed by atoms with Crippen molar-refractivity contribution in [2.24, 2.45) is 0 Å². The molecule has 0 radical (unpaired) electrons. The average molecular weight is 397 g/mol. The molecular weight excluding hydrogens is 380 g/mol. The minimum Gasteiger partial charge on any atom is -0.462 e. The highest BCUT2D eigenvalue weighted by Gasteiger charge is 2.19. The lowest BCUT2D eigenvalue weighted by molar-refractivity contribution is 0.0526. The van der Waals surface area contributed by atoms with Crippen LogP contribution in [0.2, 0.25) is 5.02 Å². The molecule has 1 amide bonds. The largest absolute Gasteiger partial charge is 0.462 e. The van der Waals surface area contributed by atoms with Gasteiger partial charge in [0, 0.05) is 11.3 Å². The lowest BCUT2D eigenvalue weighted by atomic mass is 10.1. The molecule has 138 valence electrons. The smallest absolute Gasteiger partial charge is 0.338 e. The molecule has 0 unspecified atom stereocenters. The van der Waals surface area contributed by atoms with Gasteiger partial charge in [-0.2, -0.15) is 0 Å². The number of anilines is 1. The SMILES string of the molecule is CCOC(=O)c1cccc(NC(=O)c2ccc(Cl)c(S(=O)(=O)NC)c2)c1. The molecule has 2 aromatic rings. The first-order valence-electron chi connectivity index (χ1n) is 7.60. The van der Waals surface area contributed by atoms with Gasteiger partial charge in [0.15, 0.2) is 0 Å². The lowest BCUT2D eigenvalue weighted by Crippen LogP contribution is -2.20. The van der Waals surface area contributed by atoms with Gasteiger partial charge in [0.25, 0.3) is 5.91 Å². The van der Waals surface area contributed by atoms with E-state index in [-0.39, 0.29) is 22.1 Å². The van der Waals surface area contributed by atoms with Gasteiger partial charge in [-0.25, -0.2) is 17.9 Å². The number of halogens is 1. The molecule has 26 heavy (non-hydrogen) atoms. The molecule has 0 spiro atoms. The standard InChI is InChI=1S/C17H17ClN2O5S/c1-3-25-17(22)12-5-4-6-13(9-12)20-16(21)11-7-8-14(18)15(10-11)26(23,24)19-2/h4-10,19H,3H2,1-2H3,(H,20,21). The maximum Gasteiger partial charge on any atom is 0.338 e. The van der Waals surface area contributed by atoms with Crippen molar-refractivity contribution in [3.05, 3.63) is 58.6 Å². The number of benzene rings is 2. The van der Waals surface area contributed by atoms with Crippen molar-refractivity contribution in [3.8, 4) is 0 Å². The van der Waals surface area contributed by atoms with E-state index >= 15 is 0 Å². The number of hydrogen-bond donors (Lipinski definition) is 2. The molecule has 9 heteroatoms. The van der Waals surface area contributed by atoms with Crippen LogP contribution in [0.4, 0.5) is 5.69 Å². The van der Waals surface area contributed by atoms with Crippen LogP contribution in [0.25, 0.3) is 0 Å². The maximum absolute atomic E-state index is 12.4. The number of amides is 1. The van der Waals surface area contributed by atoms with Gasteiger partial charge in [-0.1, -0.05) is 17.7 Å². The van der Waals surface area contributed by atoms with Gasteiger partial charge in [-0.15, -0.1) is 0 Å². The molecule has 0 bridgehead atoms. The fourth-order valence-corrected chi connectivity index (χ4v) is 3.35. The van der Waals surface area contributed by atoms with Crippen LogP contribution in [-0.2, 0) is 14.8 Å². The summed E-state index contributed by atoms with van der Waals surface area (Å²) in [6.45, 7) is 1.93. The summed E-state index contributed by atoms with van der Waals surface area (Å²) in [6.07, 6.45) is 0. The minimum absolute atomic E-state index is 0.000193. The highest BCUT2D eigenvalue weighted by atomic mass is 35.5. The summed E-state index contributed by atoms with van der Waals surface area (Å²) < 4.78 is 31.0. The van der Waals surface area contributed by atoms with E-state index in [4.69, 9.17) is 16.3 Å². The molecule has 0 fully saturated rings. The number of carbonyl (C=O) groups excluding carboxylic acids is 2. The zero-order valence-electron chi connectivity index (χ0n) is 14.1. The van der Waals surface area contributed by atoms with Crippen molar-refractivity contribution >= 4 is 39.2 Å². The van der Waals surface area contributed by atoms with Gasteiger partial charge >= 0.3 is 5.97 Å². The number of hydrogen-bond acceptors (Lipinski definition) is 5. The van der Waals surface area contributed by atoms with Crippen LogP contribution < -0.4 is 10.0 Å². The molecule has 0 saturated heterocycles. The van der Waals surface area contributed by atoms with Crippen LogP contribution in [0.15, 0.2) is 47.4 Å². The summed E-state index contributed by atoms with van der Waals surface area (Å²) in [5.41, 5.74) is 0.762. The third kappa shape index (κ3) is 4.60. The van der Waals surface area contributed by atoms with Crippen molar-refractivity contribution in [2.45, 2.75) is 11.8 Å². The zero-order chi connectivity index (χ0) is 19.3. The zero-order valence-corrected chi connectivity index (χ0v) is 15.6. The van der Waals surface area contributed by atoms with Crippen LogP contribution in [0.3, 0.4) is 0 Å². The second kappa shape index (κ2) is 8.31. The molecule has 0 aliphatic heterocycles. The van der Waals surface area contributed by atoms with E-state index in [9.17, 15) is 18.0 Å². The van der Waals surface area contributed by atoms with Gasteiger partial charge in [-0.3, -0.25) is 4.79 Å². The Labute approximate surface area is 156 Å². The van der Waals surface area contributed by atoms with Gasteiger partial charge < -0.3 is 10.1 Å². The highest BCUT2D eigenvalue weighted by Crippen LogP contribution is 2.23. The quantitative estimate of drug-likeness (QED) is 0.731. The number of sulfonamides is 1. The van der Waals surface area contributed by atoms with Crippen LogP contribution in [-0.4, -0.2) is 33.9 Å². The van der Waals surface area contributed by atoms with Gasteiger partial charge in [0.1, 0.15) is 4.90 Å². The van der Waals surface area contributed by atoms with Crippen LogP contribution in [0.1, 0.15) is 27.6 Å². The summed E-state index contributed by atoms with van der Waals surface area (Å²) in [5.74, 6) is -1.05. The fourth-order valence-electron chi connectivity index (χ4n) is 2.10. The van der Waals surface area contributed by atoms with E-state index < -0.39 is 21.9 Å². The number of rotatable bonds is 6. The average Bonchev–Trinajstić information content (AvgIpc) is 2.62. The van der Waals surface area contributed by atoms with Crippen LogP contribution in [0, 0.1) is 0 Å². The minimum atomic E-state index is -3.81. The van der Waals surface area contributed by atoms with Gasteiger partial charge in [-0.05, 0) is 50.4 Å². The summed E-state index contributed by atoms with van der Waals surface area (Å²) in [7, 11) is -2.56. The van der Waals surface area contributed by atoms with Gasteiger partial charge in [0.05, 0.1) is 17.2 Å². The molecule has 0 saturated carbocycles. The molecule has 0 atom stereocenters. The van der Waals surface area contributed by atoms with Crippen molar-refractivity contribution in [3.63, 3.8) is 0 Å². The van der Waals surface area contributed by atoms with Crippen molar-refractivity contribution in [1.82, 2.24) is 4.72 Å². The van der Waals surface area contributed by atoms with Crippen molar-refractivity contribution in [1.29, 1.82) is 0 Å². The van der Waals surface area contributed by atoms with Crippen molar-refractivity contribution in [2.75, 3.05) is 19.0 Å². The molecule has 0 aliphatic carbocycles. The Hall–Kier alpha value is -2.42. The molecule has 0 aromatic heterocycles. The Bertz CT molecular complexity index is 944. The third-order valence-corrected chi connectivity index (χ3v) is 5.28. The van der Waals surface area contributed by atoms with Crippen molar-refractivity contribution < 1.29 is 22.7 Å². The molecule has 2 rings (SSSR count). The number of nitrogens with one attached hydrogen (secondary N) is 2. The topological polar surface area (TPSA) is 102 Å². The van der Waals surface area contributed by atoms with E-state index in [1.165, 1.54) is 31.3 Å². The monoisotopic (exact) mass is 396 g/mol. The second-order valence-corrected chi connectivity index (χ2v) is 7.37. The summed E-state index contributed by atoms with van der Waals surface area (Å²) in [5, 5.41) is 2.61.